The van der Waals surface area contributed by atoms with Gasteiger partial charge in [0.2, 0.25) is 10.0 Å². The number of aryl methyl sites for hydroxylation is 2. The lowest BCUT2D eigenvalue weighted by Gasteiger charge is -2.06. The molecule has 17 heavy (non-hydrogen) atoms. The minimum absolute atomic E-state index is 0.101. The Bertz CT molecular complexity index is 481. The maximum atomic E-state index is 12.0. The molecule has 0 atom stereocenters. The number of hydrogen-bond donors (Lipinski definition) is 1. The van der Waals surface area contributed by atoms with Crippen LogP contribution in [0.15, 0.2) is 9.31 Å². The fourth-order valence-corrected chi connectivity index (χ4v) is 3.42. The van der Waals surface area contributed by atoms with Gasteiger partial charge in [-0.3, -0.25) is 0 Å². The Labute approximate surface area is 106 Å². The topological polar surface area (TPSA) is 68.5 Å². The van der Waals surface area contributed by atoms with Crippen molar-refractivity contribution in [3.63, 3.8) is 0 Å². The molecule has 1 aromatic rings. The molecular weight excluding hydrogens is 266 g/mol. The van der Waals surface area contributed by atoms with Crippen LogP contribution in [0.4, 0.5) is 0 Å². The summed E-state index contributed by atoms with van der Waals surface area (Å²) in [6.07, 6.45) is 0. The number of halogens is 1. The summed E-state index contributed by atoms with van der Waals surface area (Å²) in [5, 5.41) is 0. The van der Waals surface area contributed by atoms with Gasteiger partial charge in [0.25, 0.3) is 0 Å². The molecule has 0 amide bonds. The molecule has 0 aromatic carbocycles. The zero-order valence-corrected chi connectivity index (χ0v) is 11.6. The second-order valence-corrected chi connectivity index (χ2v) is 5.52. The molecule has 1 N–H and O–H groups in total. The standard InChI is InChI=1S/C10H16ClNO4S/c1-7-9(6-11)10(8(2)16-7)17(13,14)12-4-5-15-3/h12H,4-6H2,1-3H3. The minimum atomic E-state index is -3.59. The minimum Gasteiger partial charge on any atom is -0.465 e. The monoisotopic (exact) mass is 281 g/mol. The number of furan rings is 1. The van der Waals surface area contributed by atoms with E-state index in [1.54, 1.807) is 13.8 Å². The van der Waals surface area contributed by atoms with Gasteiger partial charge in [-0.2, -0.15) is 0 Å². The van der Waals surface area contributed by atoms with Crippen molar-refractivity contribution in [3.05, 3.63) is 17.1 Å². The number of nitrogens with one attached hydrogen (secondary N) is 1. The Hall–Kier alpha value is -0.560. The van der Waals surface area contributed by atoms with Crippen molar-refractivity contribution in [2.75, 3.05) is 20.3 Å². The third-order valence-corrected chi connectivity index (χ3v) is 4.25. The molecule has 1 rings (SSSR count). The molecule has 0 fully saturated rings. The first-order chi connectivity index (χ1) is 7.94. The maximum Gasteiger partial charge on any atom is 0.244 e. The lowest BCUT2D eigenvalue weighted by Crippen LogP contribution is -2.28. The Morgan fingerprint density at radius 3 is 2.53 bits per heavy atom. The van der Waals surface area contributed by atoms with Crippen molar-refractivity contribution < 1.29 is 17.6 Å². The summed E-state index contributed by atoms with van der Waals surface area (Å²) in [5.41, 5.74) is 0.508. The van der Waals surface area contributed by atoms with Crippen molar-refractivity contribution in [1.29, 1.82) is 0 Å². The zero-order chi connectivity index (χ0) is 13.1. The first-order valence-corrected chi connectivity index (χ1v) is 7.09. The number of ether oxygens (including phenoxy) is 1. The summed E-state index contributed by atoms with van der Waals surface area (Å²) in [6.45, 7) is 3.82. The molecule has 0 radical (unpaired) electrons. The Balaban J connectivity index is 3.06. The Morgan fingerprint density at radius 2 is 2.00 bits per heavy atom. The molecule has 0 saturated heterocycles. The van der Waals surface area contributed by atoms with Crippen LogP contribution in [-0.4, -0.2) is 28.7 Å². The third kappa shape index (κ3) is 3.22. The fourth-order valence-electron chi connectivity index (χ4n) is 1.57. The van der Waals surface area contributed by atoms with Gasteiger partial charge in [0, 0.05) is 19.2 Å². The average molecular weight is 282 g/mol. The van der Waals surface area contributed by atoms with Crippen LogP contribution in [0.1, 0.15) is 17.1 Å². The fraction of sp³-hybridized carbons (Fsp3) is 0.600. The van der Waals surface area contributed by atoms with E-state index < -0.39 is 10.0 Å². The van der Waals surface area contributed by atoms with Gasteiger partial charge in [-0.15, -0.1) is 11.6 Å². The summed E-state index contributed by atoms with van der Waals surface area (Å²) in [5.74, 6) is 0.983. The van der Waals surface area contributed by atoms with E-state index in [4.69, 9.17) is 20.8 Å². The number of sulfonamides is 1. The molecule has 0 aliphatic carbocycles. The Morgan fingerprint density at radius 1 is 1.35 bits per heavy atom. The summed E-state index contributed by atoms with van der Waals surface area (Å²) in [7, 11) is -2.09. The highest BCUT2D eigenvalue weighted by atomic mass is 35.5. The largest absolute Gasteiger partial charge is 0.465 e. The van der Waals surface area contributed by atoms with Crippen molar-refractivity contribution >= 4 is 21.6 Å². The van der Waals surface area contributed by atoms with E-state index >= 15 is 0 Å². The van der Waals surface area contributed by atoms with Crippen LogP contribution in [0.25, 0.3) is 0 Å². The van der Waals surface area contributed by atoms with Gasteiger partial charge in [-0.25, -0.2) is 13.1 Å². The summed E-state index contributed by atoms with van der Waals surface area (Å²) >= 11 is 5.74. The van der Waals surface area contributed by atoms with Gasteiger partial charge < -0.3 is 9.15 Å². The van der Waals surface area contributed by atoms with Gasteiger partial charge in [0.1, 0.15) is 16.4 Å². The number of rotatable bonds is 6. The molecule has 7 heteroatoms. The summed E-state index contributed by atoms with van der Waals surface area (Å²) in [6, 6.07) is 0. The molecule has 0 bridgehead atoms. The highest BCUT2D eigenvalue weighted by Gasteiger charge is 2.25. The van der Waals surface area contributed by atoms with Crippen LogP contribution in [0.3, 0.4) is 0 Å². The SMILES string of the molecule is COCCNS(=O)(=O)c1c(C)oc(C)c1CCl. The third-order valence-electron chi connectivity index (χ3n) is 2.33. The normalized spacial score (nSPS) is 12.0. The van der Waals surface area contributed by atoms with Crippen molar-refractivity contribution in [2.24, 2.45) is 0 Å². The lowest BCUT2D eigenvalue weighted by molar-refractivity contribution is 0.204. The molecule has 0 aliphatic heterocycles. The average Bonchev–Trinajstić information content (AvgIpc) is 2.53. The van der Waals surface area contributed by atoms with Gasteiger partial charge in [-0.05, 0) is 13.8 Å². The highest BCUT2D eigenvalue weighted by Crippen LogP contribution is 2.27. The van der Waals surface area contributed by atoms with E-state index in [0.717, 1.165) is 0 Å². The van der Waals surface area contributed by atoms with Crippen LogP contribution < -0.4 is 4.72 Å². The van der Waals surface area contributed by atoms with Gasteiger partial charge in [0.05, 0.1) is 12.5 Å². The van der Waals surface area contributed by atoms with E-state index in [2.05, 4.69) is 4.72 Å². The van der Waals surface area contributed by atoms with Crippen LogP contribution in [0, 0.1) is 13.8 Å². The molecular formula is C10H16ClNO4S. The van der Waals surface area contributed by atoms with E-state index in [-0.39, 0.29) is 17.3 Å². The predicted molar refractivity (Wildman–Crippen MR) is 64.8 cm³/mol. The first-order valence-electron chi connectivity index (χ1n) is 5.07. The van der Waals surface area contributed by atoms with Crippen molar-refractivity contribution in [2.45, 2.75) is 24.6 Å². The lowest BCUT2D eigenvalue weighted by atomic mass is 10.3. The second kappa shape index (κ2) is 5.86. The summed E-state index contributed by atoms with van der Waals surface area (Å²) in [4.78, 5) is 0.140. The molecule has 1 heterocycles. The van der Waals surface area contributed by atoms with E-state index in [1.165, 1.54) is 7.11 Å². The second-order valence-electron chi connectivity index (χ2n) is 3.55. The number of methoxy groups -OCH3 is 1. The quantitative estimate of drug-likeness (QED) is 0.635. The van der Waals surface area contributed by atoms with E-state index in [9.17, 15) is 8.42 Å². The van der Waals surface area contributed by atoms with Crippen LogP contribution in [0.2, 0.25) is 0 Å². The van der Waals surface area contributed by atoms with Crippen LogP contribution in [-0.2, 0) is 20.6 Å². The molecule has 0 aliphatic rings. The zero-order valence-electron chi connectivity index (χ0n) is 10.0. The van der Waals surface area contributed by atoms with Crippen molar-refractivity contribution in [1.82, 2.24) is 4.72 Å². The van der Waals surface area contributed by atoms with Gasteiger partial charge in [0.15, 0.2) is 0 Å². The van der Waals surface area contributed by atoms with E-state index in [1.807, 2.05) is 0 Å². The molecule has 5 nitrogen and oxygen atoms in total. The summed E-state index contributed by atoms with van der Waals surface area (Å²) < 4.78 is 36.6. The van der Waals surface area contributed by atoms with Crippen LogP contribution >= 0.6 is 11.6 Å². The Kier molecular flexibility index (Phi) is 5.00. The molecule has 0 unspecified atom stereocenters. The predicted octanol–water partition coefficient (Wildman–Crippen LogP) is 1.56. The molecule has 1 aromatic heterocycles. The number of hydrogen-bond acceptors (Lipinski definition) is 4. The number of alkyl halides is 1. The van der Waals surface area contributed by atoms with Crippen molar-refractivity contribution in [3.8, 4) is 0 Å². The molecule has 0 saturated carbocycles. The first kappa shape index (κ1) is 14.5. The smallest absolute Gasteiger partial charge is 0.244 e. The van der Waals surface area contributed by atoms with E-state index in [0.29, 0.717) is 23.7 Å². The van der Waals surface area contributed by atoms with Gasteiger partial charge >= 0.3 is 0 Å². The molecule has 98 valence electrons. The highest BCUT2D eigenvalue weighted by molar-refractivity contribution is 7.89. The molecule has 0 spiro atoms. The van der Waals surface area contributed by atoms with Gasteiger partial charge in [-0.1, -0.05) is 0 Å². The van der Waals surface area contributed by atoms with Crippen LogP contribution in [0.5, 0.6) is 0 Å². The maximum absolute atomic E-state index is 12.0.